The highest BCUT2D eigenvalue weighted by molar-refractivity contribution is 9.10. The van der Waals surface area contributed by atoms with E-state index >= 15 is 0 Å². The van der Waals surface area contributed by atoms with Gasteiger partial charge < -0.3 is 19.9 Å². The van der Waals surface area contributed by atoms with Crippen LogP contribution in [0.25, 0.3) is 0 Å². The number of benzene rings is 3. The molecule has 1 aliphatic heterocycles. The highest BCUT2D eigenvalue weighted by atomic mass is 79.9. The van der Waals surface area contributed by atoms with Gasteiger partial charge in [0.2, 0.25) is 0 Å². The van der Waals surface area contributed by atoms with Crippen LogP contribution in [-0.4, -0.2) is 55.1 Å². The van der Waals surface area contributed by atoms with Crippen molar-refractivity contribution < 1.29 is 14.3 Å². The first-order valence-corrected chi connectivity index (χ1v) is 12.8. The lowest BCUT2D eigenvalue weighted by molar-refractivity contribution is 0.0746. The second kappa shape index (κ2) is 11.7. The number of methoxy groups -OCH3 is 1. The highest BCUT2D eigenvalue weighted by Crippen LogP contribution is 2.23. The molecule has 0 radical (unpaired) electrons. The van der Waals surface area contributed by atoms with Gasteiger partial charge >= 0.3 is 0 Å². The Morgan fingerprint density at radius 3 is 2.28 bits per heavy atom. The third kappa shape index (κ3) is 6.34. The summed E-state index contributed by atoms with van der Waals surface area (Å²) in [5, 5.41) is 6.51. The van der Waals surface area contributed by atoms with E-state index in [1.807, 2.05) is 29.2 Å². The number of hydrogen-bond donors (Lipinski definition) is 2. The minimum Gasteiger partial charge on any atom is -0.496 e. The molecule has 4 rings (SSSR count). The number of carbonyl (C=O) groups excluding carboxylic acids is 2. The number of ether oxygens (including phenoxy) is 1. The highest BCUT2D eigenvalue weighted by Gasteiger charge is 2.22. The van der Waals surface area contributed by atoms with E-state index in [0.717, 1.165) is 28.9 Å². The molecule has 0 atom stereocenters. The van der Waals surface area contributed by atoms with Crippen molar-refractivity contribution in [2.24, 2.45) is 0 Å². The van der Waals surface area contributed by atoms with Crippen LogP contribution in [0, 0.1) is 0 Å². The van der Waals surface area contributed by atoms with Gasteiger partial charge in [-0.2, -0.15) is 0 Å². The summed E-state index contributed by atoms with van der Waals surface area (Å²) in [6.45, 7) is 2.73. The molecule has 10 heteroatoms. The van der Waals surface area contributed by atoms with Gasteiger partial charge in [-0.1, -0.05) is 27.5 Å². The second-order valence-corrected chi connectivity index (χ2v) is 9.85. The molecule has 0 aliphatic carbocycles. The van der Waals surface area contributed by atoms with Crippen molar-refractivity contribution in [2.45, 2.75) is 0 Å². The SMILES string of the molecule is COc1ccc(Br)cc1C(=O)NC(=S)Nc1ccc(N2CCN(C(=O)c3ccc(Cl)cc3)CC2)cc1. The third-order valence-corrected chi connectivity index (χ3v) is 6.73. The van der Waals surface area contributed by atoms with Gasteiger partial charge in [0.25, 0.3) is 11.8 Å². The van der Waals surface area contributed by atoms with Crippen molar-refractivity contribution >= 4 is 68.1 Å². The molecule has 2 amide bonds. The average Bonchev–Trinajstić information content (AvgIpc) is 2.89. The van der Waals surface area contributed by atoms with E-state index in [9.17, 15) is 9.59 Å². The largest absolute Gasteiger partial charge is 0.496 e. The van der Waals surface area contributed by atoms with Gasteiger partial charge in [-0.15, -0.1) is 0 Å². The molecule has 0 unspecified atom stereocenters. The van der Waals surface area contributed by atoms with Crippen molar-refractivity contribution in [1.29, 1.82) is 0 Å². The number of nitrogens with zero attached hydrogens (tertiary/aromatic N) is 2. The van der Waals surface area contributed by atoms with Crippen molar-refractivity contribution in [3.05, 3.63) is 87.4 Å². The van der Waals surface area contributed by atoms with E-state index in [1.165, 1.54) is 7.11 Å². The van der Waals surface area contributed by atoms with Crippen molar-refractivity contribution in [3.63, 3.8) is 0 Å². The number of thiocarbonyl (C=S) groups is 1. The van der Waals surface area contributed by atoms with Gasteiger partial charge in [0, 0.05) is 52.6 Å². The maximum Gasteiger partial charge on any atom is 0.261 e. The minimum atomic E-state index is -0.367. The van der Waals surface area contributed by atoms with E-state index in [1.54, 1.807) is 42.5 Å². The molecule has 1 fully saturated rings. The van der Waals surface area contributed by atoms with Crippen LogP contribution >= 0.6 is 39.7 Å². The van der Waals surface area contributed by atoms with Crippen molar-refractivity contribution in [2.75, 3.05) is 43.5 Å². The zero-order chi connectivity index (χ0) is 25.7. The van der Waals surface area contributed by atoms with Gasteiger partial charge in [-0.05, 0) is 78.9 Å². The number of hydrogen-bond acceptors (Lipinski definition) is 5. The zero-order valence-corrected chi connectivity index (χ0v) is 22.6. The summed E-state index contributed by atoms with van der Waals surface area (Å²) in [4.78, 5) is 29.5. The number of halogens is 2. The molecule has 0 spiro atoms. The Morgan fingerprint density at radius 2 is 1.64 bits per heavy atom. The van der Waals surface area contributed by atoms with E-state index in [2.05, 4.69) is 31.5 Å². The molecule has 0 saturated carbocycles. The molecule has 36 heavy (non-hydrogen) atoms. The van der Waals surface area contributed by atoms with Crippen LogP contribution in [0.1, 0.15) is 20.7 Å². The van der Waals surface area contributed by atoms with Gasteiger partial charge in [-0.25, -0.2) is 0 Å². The molecule has 1 aliphatic rings. The quantitative estimate of drug-likeness (QED) is 0.400. The van der Waals surface area contributed by atoms with Gasteiger partial charge in [-0.3, -0.25) is 14.9 Å². The summed E-state index contributed by atoms with van der Waals surface area (Å²) in [6, 6.07) is 19.9. The van der Waals surface area contributed by atoms with Crippen LogP contribution in [0.2, 0.25) is 5.02 Å². The minimum absolute atomic E-state index is 0.0157. The van der Waals surface area contributed by atoms with Crippen molar-refractivity contribution in [3.8, 4) is 5.75 Å². The Labute approximate surface area is 228 Å². The first-order chi connectivity index (χ1) is 17.3. The second-order valence-electron chi connectivity index (χ2n) is 8.09. The van der Waals surface area contributed by atoms with E-state index in [-0.39, 0.29) is 16.9 Å². The first kappa shape index (κ1) is 25.9. The number of rotatable bonds is 5. The fourth-order valence-electron chi connectivity index (χ4n) is 3.89. The predicted molar refractivity (Wildman–Crippen MR) is 150 cm³/mol. The van der Waals surface area contributed by atoms with Crippen molar-refractivity contribution in [1.82, 2.24) is 10.2 Å². The van der Waals surface area contributed by atoms with Crippen LogP contribution < -0.4 is 20.3 Å². The van der Waals surface area contributed by atoms with E-state index < -0.39 is 0 Å². The number of carbonyl (C=O) groups is 2. The van der Waals surface area contributed by atoms with Crippen LogP contribution in [0.4, 0.5) is 11.4 Å². The Morgan fingerprint density at radius 1 is 0.972 bits per heavy atom. The van der Waals surface area contributed by atoms with E-state index in [0.29, 0.717) is 35.0 Å². The maximum absolute atomic E-state index is 12.7. The Hall–Kier alpha value is -3.14. The summed E-state index contributed by atoms with van der Waals surface area (Å²) >= 11 is 14.6. The topological polar surface area (TPSA) is 73.9 Å². The smallest absolute Gasteiger partial charge is 0.261 e. The first-order valence-electron chi connectivity index (χ1n) is 11.2. The molecular weight excluding hydrogens is 564 g/mol. The van der Waals surface area contributed by atoms with Gasteiger partial charge in [0.15, 0.2) is 5.11 Å². The third-order valence-electron chi connectivity index (χ3n) is 5.78. The number of amides is 2. The summed E-state index contributed by atoms with van der Waals surface area (Å²) in [5.74, 6) is 0.105. The average molecular weight is 588 g/mol. The number of piperazine rings is 1. The molecule has 7 nitrogen and oxygen atoms in total. The molecular formula is C26H24BrClN4O3S. The number of nitrogens with one attached hydrogen (secondary N) is 2. The molecule has 1 saturated heterocycles. The standard InChI is InChI=1S/C26H24BrClN4O3S/c1-35-23-11-4-18(27)16-22(23)24(33)30-26(36)29-20-7-9-21(10-8-20)31-12-14-32(15-13-31)25(34)17-2-5-19(28)6-3-17/h2-11,16H,12-15H2,1H3,(H2,29,30,33,36). The summed E-state index contributed by atoms with van der Waals surface area (Å²) in [5.41, 5.74) is 2.82. The zero-order valence-electron chi connectivity index (χ0n) is 19.5. The van der Waals surface area contributed by atoms with Crippen LogP contribution in [0.3, 0.4) is 0 Å². The lowest BCUT2D eigenvalue weighted by Crippen LogP contribution is -2.48. The lowest BCUT2D eigenvalue weighted by Gasteiger charge is -2.36. The molecule has 3 aromatic carbocycles. The fourth-order valence-corrected chi connectivity index (χ4v) is 4.59. The van der Waals surface area contributed by atoms with Crippen LogP contribution in [0.15, 0.2) is 71.2 Å². The van der Waals surface area contributed by atoms with Gasteiger partial charge in [0.1, 0.15) is 5.75 Å². The molecule has 0 bridgehead atoms. The molecule has 2 N–H and O–H groups in total. The maximum atomic E-state index is 12.7. The molecule has 1 heterocycles. The Balaban J connectivity index is 1.30. The normalized spacial score (nSPS) is 13.2. The predicted octanol–water partition coefficient (Wildman–Crippen LogP) is 5.20. The Bertz CT molecular complexity index is 1260. The fraction of sp³-hybridized carbons (Fsp3) is 0.192. The molecule has 0 aromatic heterocycles. The lowest BCUT2D eigenvalue weighted by atomic mass is 10.1. The molecule has 186 valence electrons. The Kier molecular flexibility index (Phi) is 8.45. The van der Waals surface area contributed by atoms with Crippen LogP contribution in [0.5, 0.6) is 5.75 Å². The summed E-state index contributed by atoms with van der Waals surface area (Å²) in [6.07, 6.45) is 0. The molecule has 3 aromatic rings. The van der Waals surface area contributed by atoms with E-state index in [4.69, 9.17) is 28.6 Å². The summed E-state index contributed by atoms with van der Waals surface area (Å²) in [7, 11) is 1.51. The monoisotopic (exact) mass is 586 g/mol. The van der Waals surface area contributed by atoms with Crippen LogP contribution in [-0.2, 0) is 0 Å². The van der Waals surface area contributed by atoms with Gasteiger partial charge in [0.05, 0.1) is 12.7 Å². The number of anilines is 2. The summed E-state index contributed by atoms with van der Waals surface area (Å²) < 4.78 is 6.02.